The predicted molar refractivity (Wildman–Crippen MR) is 92.2 cm³/mol. The second-order valence-corrected chi connectivity index (χ2v) is 6.70. The van der Waals surface area contributed by atoms with E-state index < -0.39 is 5.97 Å². The van der Waals surface area contributed by atoms with Gasteiger partial charge in [-0.3, -0.25) is 14.5 Å². The van der Waals surface area contributed by atoms with Gasteiger partial charge in [-0.1, -0.05) is 42.2 Å². The third-order valence-electron chi connectivity index (χ3n) is 3.39. The summed E-state index contributed by atoms with van der Waals surface area (Å²) >= 11 is 6.35. The lowest BCUT2D eigenvalue weighted by Crippen LogP contribution is -2.30. The van der Waals surface area contributed by atoms with Crippen LogP contribution < -0.4 is 4.74 Å². The maximum atomic E-state index is 12.3. The van der Waals surface area contributed by atoms with Gasteiger partial charge < -0.3 is 9.84 Å². The first-order chi connectivity index (χ1) is 11.0. The van der Waals surface area contributed by atoms with Crippen molar-refractivity contribution in [1.29, 1.82) is 0 Å². The molecule has 23 heavy (non-hydrogen) atoms. The van der Waals surface area contributed by atoms with Crippen LogP contribution in [0.15, 0.2) is 40.8 Å². The first-order valence-electron chi connectivity index (χ1n) is 6.94. The highest BCUT2D eigenvalue weighted by atomic mass is 32.2. The van der Waals surface area contributed by atoms with Gasteiger partial charge in [0.25, 0.3) is 5.91 Å². The van der Waals surface area contributed by atoms with Gasteiger partial charge in [0.2, 0.25) is 0 Å². The number of fused-ring (bicyclic) bond motifs is 1. The maximum absolute atomic E-state index is 12.3. The number of carboxylic acid groups (broad SMARTS) is 1. The second-order valence-electron chi connectivity index (χ2n) is 5.02. The zero-order valence-corrected chi connectivity index (χ0v) is 13.7. The number of hydrogen-bond donors (Lipinski definition) is 1. The summed E-state index contributed by atoms with van der Waals surface area (Å²) in [6, 6.07) is 7.67. The molecule has 1 fully saturated rings. The fraction of sp³-hybridized carbons (Fsp3) is 0.188. The molecule has 7 heteroatoms. The maximum Gasteiger partial charge on any atom is 0.305 e. The SMILES string of the molecule is O=C(O)CCN1C(=O)C(=CC2=Cc3ccccc3OC2)SC1=S. The van der Waals surface area contributed by atoms with Gasteiger partial charge >= 0.3 is 5.97 Å². The van der Waals surface area contributed by atoms with Gasteiger partial charge in [-0.25, -0.2) is 0 Å². The van der Waals surface area contributed by atoms with Crippen molar-refractivity contribution >= 4 is 46.3 Å². The third kappa shape index (κ3) is 3.46. The molecule has 2 aliphatic rings. The molecular weight excluding hydrogens is 334 g/mol. The molecule has 118 valence electrons. The number of para-hydroxylation sites is 1. The molecule has 0 atom stereocenters. The van der Waals surface area contributed by atoms with Crippen LogP contribution in [0.4, 0.5) is 0 Å². The van der Waals surface area contributed by atoms with Crippen LogP contribution in [0.3, 0.4) is 0 Å². The molecule has 1 aromatic rings. The molecule has 0 radical (unpaired) electrons. The van der Waals surface area contributed by atoms with Crippen LogP contribution in [-0.4, -0.2) is 39.4 Å². The summed E-state index contributed by atoms with van der Waals surface area (Å²) in [6.45, 7) is 0.478. The summed E-state index contributed by atoms with van der Waals surface area (Å²) in [5.41, 5.74) is 1.84. The molecule has 2 heterocycles. The first-order valence-corrected chi connectivity index (χ1v) is 8.16. The summed E-state index contributed by atoms with van der Waals surface area (Å²) in [7, 11) is 0. The van der Waals surface area contributed by atoms with Crippen LogP contribution in [0.5, 0.6) is 5.75 Å². The predicted octanol–water partition coefficient (Wildman–Crippen LogP) is 2.68. The number of amides is 1. The van der Waals surface area contributed by atoms with E-state index in [1.807, 2.05) is 30.3 Å². The summed E-state index contributed by atoms with van der Waals surface area (Å²) < 4.78 is 6.05. The van der Waals surface area contributed by atoms with Crippen LogP contribution in [0.1, 0.15) is 12.0 Å². The highest BCUT2D eigenvalue weighted by molar-refractivity contribution is 8.26. The van der Waals surface area contributed by atoms with Gasteiger partial charge in [0, 0.05) is 12.1 Å². The quantitative estimate of drug-likeness (QED) is 0.667. The molecule has 0 aliphatic carbocycles. The van der Waals surface area contributed by atoms with Crippen molar-refractivity contribution < 1.29 is 19.4 Å². The van der Waals surface area contributed by atoms with Gasteiger partial charge in [-0.05, 0) is 23.8 Å². The minimum atomic E-state index is -0.956. The molecule has 0 spiro atoms. The molecule has 3 rings (SSSR count). The molecule has 5 nitrogen and oxygen atoms in total. The zero-order valence-electron chi connectivity index (χ0n) is 12.0. The Morgan fingerprint density at radius 1 is 1.43 bits per heavy atom. The number of hydrogen-bond acceptors (Lipinski definition) is 5. The number of thiocarbonyl (C=S) groups is 1. The molecule has 0 unspecified atom stereocenters. The van der Waals surface area contributed by atoms with E-state index in [2.05, 4.69) is 0 Å². The number of ether oxygens (including phenoxy) is 1. The first kappa shape index (κ1) is 15.8. The number of benzene rings is 1. The Bertz CT molecular complexity index is 754. The van der Waals surface area contributed by atoms with Crippen molar-refractivity contribution in [3.05, 3.63) is 46.4 Å². The number of aliphatic carboxylic acids is 1. The number of nitrogens with zero attached hydrogens (tertiary/aromatic N) is 1. The van der Waals surface area contributed by atoms with E-state index in [9.17, 15) is 9.59 Å². The van der Waals surface area contributed by atoms with Crippen molar-refractivity contribution in [1.82, 2.24) is 4.90 Å². The Kier molecular flexibility index (Phi) is 4.49. The highest BCUT2D eigenvalue weighted by Crippen LogP contribution is 2.33. The van der Waals surface area contributed by atoms with E-state index >= 15 is 0 Å². The number of thioether (sulfide) groups is 1. The van der Waals surface area contributed by atoms with Gasteiger partial charge in [-0.2, -0.15) is 0 Å². The minimum absolute atomic E-state index is 0.0930. The zero-order chi connectivity index (χ0) is 16.4. The molecular formula is C16H13NO4S2. The van der Waals surface area contributed by atoms with Gasteiger partial charge in [0.05, 0.1) is 11.3 Å². The van der Waals surface area contributed by atoms with Crippen LogP contribution in [0.25, 0.3) is 6.08 Å². The van der Waals surface area contributed by atoms with E-state index in [1.54, 1.807) is 6.08 Å². The third-order valence-corrected chi connectivity index (χ3v) is 4.77. The monoisotopic (exact) mass is 347 g/mol. The van der Waals surface area contributed by atoms with Gasteiger partial charge in [0.15, 0.2) is 0 Å². The Labute approximate surface area is 142 Å². The summed E-state index contributed by atoms with van der Waals surface area (Å²) in [6.07, 6.45) is 3.61. The van der Waals surface area contributed by atoms with E-state index in [-0.39, 0.29) is 18.9 Å². The van der Waals surface area contributed by atoms with E-state index in [1.165, 1.54) is 16.7 Å². The van der Waals surface area contributed by atoms with E-state index in [0.717, 1.165) is 16.9 Å². The Morgan fingerprint density at radius 3 is 3.00 bits per heavy atom. The summed E-state index contributed by atoms with van der Waals surface area (Å²) in [5.74, 6) is -0.386. The van der Waals surface area contributed by atoms with Crippen LogP contribution in [0.2, 0.25) is 0 Å². The topological polar surface area (TPSA) is 66.8 Å². The van der Waals surface area contributed by atoms with Gasteiger partial charge in [0.1, 0.15) is 16.7 Å². The Hall–Kier alpha value is -2.12. The lowest BCUT2D eigenvalue weighted by molar-refractivity contribution is -0.137. The van der Waals surface area contributed by atoms with Crippen molar-refractivity contribution in [2.75, 3.05) is 13.2 Å². The number of carbonyl (C=O) groups is 2. The van der Waals surface area contributed by atoms with Crippen LogP contribution >= 0.6 is 24.0 Å². The summed E-state index contributed by atoms with van der Waals surface area (Å²) in [4.78, 5) is 24.8. The lowest BCUT2D eigenvalue weighted by atomic mass is 10.1. The molecule has 1 saturated heterocycles. The molecule has 2 aliphatic heterocycles. The largest absolute Gasteiger partial charge is 0.488 e. The number of carbonyl (C=O) groups excluding carboxylic acids is 1. The fourth-order valence-electron chi connectivity index (χ4n) is 2.29. The molecule has 0 aromatic heterocycles. The van der Waals surface area contributed by atoms with Crippen molar-refractivity contribution in [2.45, 2.75) is 6.42 Å². The van der Waals surface area contributed by atoms with Crippen LogP contribution in [-0.2, 0) is 9.59 Å². The standard InChI is InChI=1S/C16H13NO4S2/c18-14(19)5-6-17-15(20)13(23-16(17)22)8-10-7-11-3-1-2-4-12(11)21-9-10/h1-4,7-8H,5-6,9H2,(H,18,19). The number of rotatable bonds is 4. The second kappa shape index (κ2) is 6.55. The molecule has 0 bridgehead atoms. The van der Waals surface area contributed by atoms with Crippen LogP contribution in [0, 0.1) is 0 Å². The Morgan fingerprint density at radius 2 is 2.22 bits per heavy atom. The van der Waals surface area contributed by atoms with E-state index in [4.69, 9.17) is 22.1 Å². The fourth-order valence-corrected chi connectivity index (χ4v) is 3.61. The van der Waals surface area contributed by atoms with E-state index in [0.29, 0.717) is 15.8 Å². The summed E-state index contributed by atoms with van der Waals surface area (Å²) in [5, 5.41) is 8.74. The molecule has 0 saturated carbocycles. The van der Waals surface area contributed by atoms with Crippen molar-refractivity contribution in [2.24, 2.45) is 0 Å². The smallest absolute Gasteiger partial charge is 0.305 e. The molecule has 1 aromatic carbocycles. The van der Waals surface area contributed by atoms with Crippen molar-refractivity contribution in [3.8, 4) is 5.75 Å². The average Bonchev–Trinajstić information content (AvgIpc) is 2.79. The van der Waals surface area contributed by atoms with Gasteiger partial charge in [-0.15, -0.1) is 0 Å². The normalized spacial score (nSPS) is 18.7. The van der Waals surface area contributed by atoms with Crippen molar-refractivity contribution in [3.63, 3.8) is 0 Å². The minimum Gasteiger partial charge on any atom is -0.488 e. The highest BCUT2D eigenvalue weighted by Gasteiger charge is 2.32. The average molecular weight is 347 g/mol. The number of carboxylic acids is 1. The molecule has 1 amide bonds. The lowest BCUT2D eigenvalue weighted by Gasteiger charge is -2.16. The Balaban J connectivity index is 1.79. The molecule has 1 N–H and O–H groups in total.